The van der Waals surface area contributed by atoms with E-state index in [1.165, 1.54) is 0 Å². The highest BCUT2D eigenvalue weighted by Crippen LogP contribution is 2.45. The average Bonchev–Trinajstić information content (AvgIpc) is 2.52. The minimum Gasteiger partial charge on any atom is -0.769 e. The number of nitrogens with one attached hydrogen (secondary N) is 2. The molecule has 11 nitrogen and oxygen atoms in total. The van der Waals surface area contributed by atoms with Crippen molar-refractivity contribution in [2.45, 2.75) is 0 Å². The summed E-state index contributed by atoms with van der Waals surface area (Å²) in [6, 6.07) is 9.09. The van der Waals surface area contributed by atoms with Crippen LogP contribution in [0.2, 0.25) is 5.02 Å². The summed E-state index contributed by atoms with van der Waals surface area (Å²) in [6.45, 7) is 0. The Bertz CT molecular complexity index is 700. The lowest BCUT2D eigenvalue weighted by atomic mass is 10.2. The maximum atomic E-state index is 11.2. The monoisotopic (exact) mass is 356 g/mol. The lowest BCUT2D eigenvalue weighted by molar-refractivity contribution is 0.0296. The number of rotatable bonds is 6. The van der Waals surface area contributed by atoms with E-state index in [-0.39, 0.29) is 0 Å². The number of halogens is 1. The first-order valence-corrected chi connectivity index (χ1v) is 6.62. The van der Waals surface area contributed by atoms with E-state index in [4.69, 9.17) is 16.8 Å². The molecule has 0 aliphatic heterocycles. The van der Waals surface area contributed by atoms with Crippen LogP contribution in [0, 0.1) is 15.6 Å². The van der Waals surface area contributed by atoms with Crippen molar-refractivity contribution in [3.05, 3.63) is 57.0 Å². The van der Waals surface area contributed by atoms with E-state index in [1.54, 1.807) is 30.3 Å². The second-order valence-corrected chi connectivity index (χ2v) is 4.77. The minimum absolute atomic E-state index is 0.440. The Morgan fingerprint density at radius 2 is 1.54 bits per heavy atom. The first kappa shape index (κ1) is 17.8. The Labute approximate surface area is 140 Å². The summed E-state index contributed by atoms with van der Waals surface area (Å²) in [5, 5.41) is 58.3. The van der Waals surface area contributed by atoms with Crippen LogP contribution in [-0.4, -0.2) is 15.6 Å². The van der Waals surface area contributed by atoms with Crippen molar-refractivity contribution in [3.63, 3.8) is 0 Å². The van der Waals surface area contributed by atoms with E-state index < -0.39 is 43.5 Å². The van der Waals surface area contributed by atoms with Gasteiger partial charge in [0.25, 0.3) is 0 Å². The highest BCUT2D eigenvalue weighted by molar-refractivity contribution is 6.37. The van der Waals surface area contributed by atoms with Crippen LogP contribution in [0.1, 0.15) is 0 Å². The van der Waals surface area contributed by atoms with E-state index >= 15 is 0 Å². The molecule has 0 heterocycles. The normalized spacial score (nSPS) is 10.3. The smallest absolute Gasteiger partial charge is 0.142 e. The fourth-order valence-electron chi connectivity index (χ4n) is 1.87. The number of hydrazine groups is 1. The van der Waals surface area contributed by atoms with E-state index in [0.29, 0.717) is 11.8 Å². The fraction of sp³-hybridized carbons (Fsp3) is 0. The molecule has 12 heteroatoms. The molecule has 0 saturated carbocycles. The molecule has 2 aromatic rings. The molecule has 2 rings (SSSR count). The molecule has 0 unspecified atom stereocenters. The molecule has 24 heavy (non-hydrogen) atoms. The number of anilines is 5. The van der Waals surface area contributed by atoms with E-state index in [9.17, 15) is 26.0 Å². The average molecular weight is 357 g/mol. The Balaban J connectivity index is 2.52. The molecule has 0 aliphatic rings. The molecule has 0 saturated heterocycles. The van der Waals surface area contributed by atoms with E-state index in [1.807, 2.05) is 0 Å². The van der Waals surface area contributed by atoms with Crippen LogP contribution in [0.4, 0.5) is 28.4 Å². The Morgan fingerprint density at radius 1 is 0.917 bits per heavy atom. The van der Waals surface area contributed by atoms with Crippen molar-refractivity contribution < 1.29 is 15.6 Å². The van der Waals surface area contributed by atoms with Gasteiger partial charge < -0.3 is 31.5 Å². The molecule has 0 spiro atoms. The van der Waals surface area contributed by atoms with Crippen LogP contribution in [0.5, 0.6) is 0 Å². The summed E-state index contributed by atoms with van der Waals surface area (Å²) in [4.78, 5) is 0. The topological polar surface area (TPSA) is 164 Å². The molecular formula is C12H11ClN5O6-3. The largest absolute Gasteiger partial charge is 0.769 e. The summed E-state index contributed by atoms with van der Waals surface area (Å²) in [7, 11) is 0. The van der Waals surface area contributed by atoms with Crippen LogP contribution in [0.3, 0.4) is 0 Å². The highest BCUT2D eigenvalue weighted by Gasteiger charge is 2.21. The van der Waals surface area contributed by atoms with Gasteiger partial charge in [-0.3, -0.25) is 21.0 Å². The molecule has 130 valence electrons. The third kappa shape index (κ3) is 3.69. The summed E-state index contributed by atoms with van der Waals surface area (Å²) in [5.74, 6) is 0. The van der Waals surface area contributed by atoms with Gasteiger partial charge in [0.2, 0.25) is 0 Å². The summed E-state index contributed by atoms with van der Waals surface area (Å²) >= 11 is 5.81. The number of benzene rings is 2. The van der Waals surface area contributed by atoms with Crippen molar-refractivity contribution in [3.8, 4) is 0 Å². The maximum absolute atomic E-state index is 11.2. The van der Waals surface area contributed by atoms with Crippen molar-refractivity contribution in [1.82, 2.24) is 0 Å². The molecule has 0 atom stereocenters. The number of hydrogen-bond acceptors (Lipinski definition) is 11. The molecule has 5 N–H and O–H groups in total. The Kier molecular flexibility index (Phi) is 5.48. The summed E-state index contributed by atoms with van der Waals surface area (Å²) in [5.41, 5.74) is 2.92. The molecule has 2 aromatic carbocycles. The first-order chi connectivity index (χ1) is 11.3. The van der Waals surface area contributed by atoms with Crippen LogP contribution in [0.15, 0.2) is 36.4 Å². The standard InChI is InChI=1S/C12H11ClN5O6/c13-10-8(16(19)20)6-9(17(21)22)11(12(10)18(23)24)15-14-7-4-2-1-3-5-7/h1-6,14-15,19,23-24H/q-3. The van der Waals surface area contributed by atoms with Gasteiger partial charge in [-0.1, -0.05) is 29.8 Å². The van der Waals surface area contributed by atoms with Gasteiger partial charge in [0.15, 0.2) is 0 Å². The predicted octanol–water partition coefficient (Wildman–Crippen LogP) is 2.86. The number of nitrogens with zero attached hydrogens (tertiary/aromatic N) is 3. The Hall–Kier alpha value is -2.51. The van der Waals surface area contributed by atoms with Gasteiger partial charge in [-0.15, -0.1) is 5.23 Å². The van der Waals surface area contributed by atoms with Gasteiger partial charge in [-0.25, -0.2) is 0 Å². The fourth-order valence-corrected chi connectivity index (χ4v) is 2.16. The quantitative estimate of drug-likeness (QED) is 0.483. The lowest BCUT2D eigenvalue weighted by Gasteiger charge is -2.41. The van der Waals surface area contributed by atoms with Crippen molar-refractivity contribution >= 4 is 40.0 Å². The lowest BCUT2D eigenvalue weighted by Crippen LogP contribution is -2.21. The Morgan fingerprint density at radius 3 is 2.04 bits per heavy atom. The molecule has 0 amide bonds. The molecule has 0 fully saturated rings. The van der Waals surface area contributed by atoms with Gasteiger partial charge >= 0.3 is 0 Å². The molecule has 0 aliphatic carbocycles. The molecule has 0 radical (unpaired) electrons. The van der Waals surface area contributed by atoms with E-state index in [0.717, 1.165) is 0 Å². The molecule has 0 bridgehead atoms. The van der Waals surface area contributed by atoms with Crippen LogP contribution < -0.4 is 26.5 Å². The second-order valence-electron chi connectivity index (χ2n) is 4.39. The van der Waals surface area contributed by atoms with Gasteiger partial charge in [-0.05, 0) is 18.2 Å². The second kappa shape index (κ2) is 7.37. The van der Waals surface area contributed by atoms with Crippen LogP contribution in [0.25, 0.3) is 0 Å². The first-order valence-electron chi connectivity index (χ1n) is 6.25. The summed E-state index contributed by atoms with van der Waals surface area (Å²) < 4.78 is 0. The molecular weight excluding hydrogens is 346 g/mol. The number of hydrogen-bond donors (Lipinski definition) is 5. The van der Waals surface area contributed by atoms with Gasteiger partial charge in [0.1, 0.15) is 11.4 Å². The summed E-state index contributed by atoms with van der Waals surface area (Å²) in [6.07, 6.45) is 0. The van der Waals surface area contributed by atoms with Crippen molar-refractivity contribution in [2.24, 2.45) is 0 Å². The zero-order valence-corrected chi connectivity index (χ0v) is 12.5. The van der Waals surface area contributed by atoms with Crippen LogP contribution in [-0.2, 0) is 0 Å². The number of para-hydroxylation sites is 1. The van der Waals surface area contributed by atoms with Crippen molar-refractivity contribution in [2.75, 3.05) is 26.5 Å². The third-order valence-corrected chi connectivity index (χ3v) is 3.28. The third-order valence-electron chi connectivity index (χ3n) is 2.91. The zero-order valence-electron chi connectivity index (χ0n) is 11.8. The van der Waals surface area contributed by atoms with Gasteiger partial charge in [-0.2, -0.15) is 0 Å². The van der Waals surface area contributed by atoms with E-state index in [2.05, 4.69) is 10.9 Å². The maximum Gasteiger partial charge on any atom is 0.142 e. The zero-order chi connectivity index (χ0) is 17.9. The highest BCUT2D eigenvalue weighted by atomic mass is 35.5. The minimum atomic E-state index is -0.897. The van der Waals surface area contributed by atoms with Crippen LogP contribution >= 0.6 is 11.6 Å². The van der Waals surface area contributed by atoms with Gasteiger partial charge in [0.05, 0.1) is 16.4 Å². The SMILES string of the molecule is [O-]N([O-])c1cc(N([O-])O)c(Cl)c(N(O)O)c1NNc1ccccc1. The predicted molar refractivity (Wildman–Crippen MR) is 88.0 cm³/mol. The molecule has 0 aromatic heterocycles. The van der Waals surface area contributed by atoms with Crippen molar-refractivity contribution in [1.29, 1.82) is 0 Å². The van der Waals surface area contributed by atoms with Gasteiger partial charge in [0, 0.05) is 5.69 Å².